The van der Waals surface area contributed by atoms with Crippen LogP contribution in [0.15, 0.2) is 10.5 Å². The van der Waals surface area contributed by atoms with Gasteiger partial charge in [-0.05, 0) is 19.3 Å². The Morgan fingerprint density at radius 1 is 1.25 bits per heavy atom. The number of allylic oxidation sites excluding steroid dienone is 2. The molecule has 0 amide bonds. The van der Waals surface area contributed by atoms with Gasteiger partial charge in [0.25, 0.3) is 0 Å². The summed E-state index contributed by atoms with van der Waals surface area (Å²) in [6.45, 7) is 4.35. The second-order valence-electron chi connectivity index (χ2n) is 3.33. The van der Waals surface area contributed by atoms with Gasteiger partial charge in [-0.25, -0.2) is 0 Å². The fraction of sp³-hybridized carbons (Fsp3) is 0.800. The predicted octanol–water partition coefficient (Wildman–Crippen LogP) is 2.99. The summed E-state index contributed by atoms with van der Waals surface area (Å²) in [5.41, 5.74) is 1.50. The number of hydrogen-bond donors (Lipinski definition) is 0. The minimum Gasteiger partial charge on any atom is -0.255 e. The summed E-state index contributed by atoms with van der Waals surface area (Å²) in [5, 5.41) is 0. The molecule has 0 saturated heterocycles. The summed E-state index contributed by atoms with van der Waals surface area (Å²) in [4.78, 5) is 1.28. The lowest BCUT2D eigenvalue weighted by Gasteiger charge is -2.02. The Balaban J connectivity index is 2.67. The van der Waals surface area contributed by atoms with Crippen LogP contribution in [0.2, 0.25) is 0 Å². The third-order valence-electron chi connectivity index (χ3n) is 2.29. The molecular weight excluding hydrogens is 168 g/mol. The van der Waals surface area contributed by atoms with Gasteiger partial charge in [-0.1, -0.05) is 32.3 Å². The standard InChI is InChI=1S/C10H18OS/c1-3-5-9-7-8-12(11)10(9)6-4-2/h3-8H2,1-2H3. The summed E-state index contributed by atoms with van der Waals surface area (Å²) in [6, 6.07) is 0. The maximum absolute atomic E-state index is 11.5. The molecule has 0 aromatic rings. The van der Waals surface area contributed by atoms with E-state index >= 15 is 0 Å². The van der Waals surface area contributed by atoms with Crippen LogP contribution in [-0.4, -0.2) is 9.96 Å². The van der Waals surface area contributed by atoms with Gasteiger partial charge in [0.05, 0.1) is 0 Å². The second-order valence-corrected chi connectivity index (χ2v) is 4.92. The van der Waals surface area contributed by atoms with Crippen LogP contribution in [0.4, 0.5) is 0 Å². The van der Waals surface area contributed by atoms with Crippen LogP contribution in [0.3, 0.4) is 0 Å². The third-order valence-corrected chi connectivity index (χ3v) is 3.90. The van der Waals surface area contributed by atoms with E-state index in [4.69, 9.17) is 0 Å². The van der Waals surface area contributed by atoms with Crippen molar-refractivity contribution in [1.29, 1.82) is 0 Å². The summed E-state index contributed by atoms with van der Waals surface area (Å²) in [7, 11) is -0.612. The Hall–Kier alpha value is -0.110. The van der Waals surface area contributed by atoms with E-state index in [1.165, 1.54) is 23.3 Å². The van der Waals surface area contributed by atoms with E-state index in [0.717, 1.165) is 25.0 Å². The number of hydrogen-bond acceptors (Lipinski definition) is 1. The average Bonchev–Trinajstić information content (AvgIpc) is 2.37. The highest BCUT2D eigenvalue weighted by molar-refractivity contribution is 7.89. The van der Waals surface area contributed by atoms with E-state index in [0.29, 0.717) is 0 Å². The van der Waals surface area contributed by atoms with E-state index in [1.807, 2.05) is 0 Å². The molecule has 0 fully saturated rings. The largest absolute Gasteiger partial charge is 0.255 e. The molecule has 0 N–H and O–H groups in total. The molecule has 1 rings (SSSR count). The van der Waals surface area contributed by atoms with Crippen molar-refractivity contribution in [3.63, 3.8) is 0 Å². The van der Waals surface area contributed by atoms with Crippen LogP contribution in [0, 0.1) is 0 Å². The lowest BCUT2D eigenvalue weighted by atomic mass is 10.1. The molecule has 1 heterocycles. The van der Waals surface area contributed by atoms with E-state index in [-0.39, 0.29) is 0 Å². The van der Waals surface area contributed by atoms with Crippen LogP contribution in [-0.2, 0) is 10.8 Å². The molecule has 1 unspecified atom stereocenters. The first-order chi connectivity index (χ1) is 5.79. The van der Waals surface area contributed by atoms with Gasteiger partial charge in [-0.2, -0.15) is 0 Å². The van der Waals surface area contributed by atoms with Crippen molar-refractivity contribution in [3.05, 3.63) is 10.5 Å². The maximum Gasteiger partial charge on any atom is 0.0491 e. The molecule has 0 spiro atoms. The molecule has 1 aliphatic rings. The zero-order valence-corrected chi connectivity index (χ0v) is 8.88. The van der Waals surface area contributed by atoms with Gasteiger partial charge in [0.1, 0.15) is 0 Å². The second kappa shape index (κ2) is 4.80. The van der Waals surface area contributed by atoms with Gasteiger partial charge < -0.3 is 0 Å². The first-order valence-corrected chi connectivity index (χ1v) is 6.20. The Kier molecular flexibility index (Phi) is 3.99. The molecule has 70 valence electrons. The SMILES string of the molecule is CCCC1=C(CCC)S(=O)CC1. The number of rotatable bonds is 4. The molecule has 1 aliphatic heterocycles. The van der Waals surface area contributed by atoms with Crippen LogP contribution in [0.5, 0.6) is 0 Å². The molecule has 1 nitrogen and oxygen atoms in total. The van der Waals surface area contributed by atoms with Gasteiger partial charge in [-0.3, -0.25) is 4.21 Å². The molecular formula is C10H18OS. The molecule has 2 heteroatoms. The van der Waals surface area contributed by atoms with Crippen LogP contribution in [0.1, 0.15) is 46.0 Å². The Morgan fingerprint density at radius 2 is 1.92 bits per heavy atom. The fourth-order valence-electron chi connectivity index (χ4n) is 1.72. The molecule has 0 aliphatic carbocycles. The van der Waals surface area contributed by atoms with E-state index < -0.39 is 10.8 Å². The van der Waals surface area contributed by atoms with Crippen molar-refractivity contribution >= 4 is 10.8 Å². The lowest BCUT2D eigenvalue weighted by Crippen LogP contribution is -1.91. The zero-order chi connectivity index (χ0) is 8.97. The van der Waals surface area contributed by atoms with Crippen molar-refractivity contribution in [2.45, 2.75) is 46.0 Å². The Morgan fingerprint density at radius 3 is 2.50 bits per heavy atom. The minimum absolute atomic E-state index is 0.612. The van der Waals surface area contributed by atoms with Gasteiger partial charge in [-0.15, -0.1) is 0 Å². The van der Waals surface area contributed by atoms with Gasteiger partial charge >= 0.3 is 0 Å². The van der Waals surface area contributed by atoms with Crippen molar-refractivity contribution in [3.8, 4) is 0 Å². The van der Waals surface area contributed by atoms with Crippen LogP contribution >= 0.6 is 0 Å². The van der Waals surface area contributed by atoms with Gasteiger partial charge in [0, 0.05) is 21.5 Å². The third kappa shape index (κ3) is 2.19. The highest BCUT2D eigenvalue weighted by Crippen LogP contribution is 2.29. The summed E-state index contributed by atoms with van der Waals surface area (Å²) in [6.07, 6.45) is 5.65. The molecule has 0 radical (unpaired) electrons. The first kappa shape index (κ1) is 9.97. The van der Waals surface area contributed by atoms with E-state index in [1.54, 1.807) is 0 Å². The van der Waals surface area contributed by atoms with Crippen molar-refractivity contribution in [2.24, 2.45) is 0 Å². The molecule has 1 atom stereocenters. The summed E-state index contributed by atoms with van der Waals surface area (Å²) >= 11 is 0. The van der Waals surface area contributed by atoms with Crippen molar-refractivity contribution in [1.82, 2.24) is 0 Å². The van der Waals surface area contributed by atoms with Crippen molar-refractivity contribution in [2.75, 3.05) is 5.75 Å². The smallest absolute Gasteiger partial charge is 0.0491 e. The van der Waals surface area contributed by atoms with Gasteiger partial charge in [0.2, 0.25) is 0 Å². The monoisotopic (exact) mass is 186 g/mol. The highest BCUT2D eigenvalue weighted by atomic mass is 32.2. The lowest BCUT2D eigenvalue weighted by molar-refractivity contribution is 0.686. The van der Waals surface area contributed by atoms with E-state index in [9.17, 15) is 4.21 Å². The molecule has 0 aromatic carbocycles. The Bertz CT molecular complexity index is 206. The normalized spacial score (nSPS) is 23.7. The topological polar surface area (TPSA) is 17.1 Å². The van der Waals surface area contributed by atoms with Crippen LogP contribution in [0.25, 0.3) is 0 Å². The fourth-order valence-corrected chi connectivity index (χ4v) is 3.36. The molecule has 12 heavy (non-hydrogen) atoms. The Labute approximate surface area is 77.7 Å². The average molecular weight is 186 g/mol. The summed E-state index contributed by atoms with van der Waals surface area (Å²) in [5.74, 6) is 0.894. The highest BCUT2D eigenvalue weighted by Gasteiger charge is 2.19. The summed E-state index contributed by atoms with van der Waals surface area (Å²) < 4.78 is 11.5. The first-order valence-electron chi connectivity index (χ1n) is 4.88. The van der Waals surface area contributed by atoms with Gasteiger partial charge in [0.15, 0.2) is 0 Å². The minimum atomic E-state index is -0.612. The molecule has 0 bridgehead atoms. The molecule has 0 saturated carbocycles. The van der Waals surface area contributed by atoms with E-state index in [2.05, 4.69) is 13.8 Å². The van der Waals surface area contributed by atoms with Crippen molar-refractivity contribution < 1.29 is 4.21 Å². The zero-order valence-electron chi connectivity index (χ0n) is 8.06. The maximum atomic E-state index is 11.5. The quantitative estimate of drug-likeness (QED) is 0.659. The van der Waals surface area contributed by atoms with Crippen LogP contribution < -0.4 is 0 Å². The predicted molar refractivity (Wildman–Crippen MR) is 54.5 cm³/mol. The molecule has 0 aromatic heterocycles.